The van der Waals surface area contributed by atoms with Crippen molar-refractivity contribution < 1.29 is 14.6 Å². The Labute approximate surface area is 135 Å². The number of rotatable bonds is 6. The Kier molecular flexibility index (Phi) is 5.27. The first-order valence-corrected chi connectivity index (χ1v) is 8.04. The smallest absolute Gasteiger partial charge is 0.187 e. The third-order valence-electron chi connectivity index (χ3n) is 4.23. The van der Waals surface area contributed by atoms with E-state index in [1.54, 1.807) is 6.21 Å². The molecule has 0 saturated carbocycles. The monoisotopic (exact) mass is 317 g/mol. The predicted molar refractivity (Wildman–Crippen MR) is 90.3 cm³/mol. The van der Waals surface area contributed by atoms with Crippen LogP contribution in [0.1, 0.15) is 5.76 Å². The Bertz CT molecular complexity index is 660. The molecule has 0 radical (unpaired) electrons. The van der Waals surface area contributed by atoms with Crippen LogP contribution in [0.2, 0.25) is 0 Å². The molecule has 2 aromatic rings. The van der Waals surface area contributed by atoms with Crippen LogP contribution < -0.4 is 0 Å². The molecule has 6 nitrogen and oxygen atoms in total. The fraction of sp³-hybridized carbons (Fsp3) is 0.471. The molecule has 2 N–H and O–H groups in total. The number of piperazine rings is 1. The van der Waals surface area contributed by atoms with Crippen molar-refractivity contribution in [3.8, 4) is 5.75 Å². The van der Waals surface area contributed by atoms with Crippen LogP contribution >= 0.6 is 0 Å². The number of benzene rings is 1. The molecular weight excluding hydrogens is 294 g/mol. The standard InChI is InChI=1S/C17H23N3O3/c21-12-11-20-9-7-19(8-10-20)6-5-18-13-16-17(22)14-3-1-2-4-15(14)23-16/h1-4,13,21-22H,5-12H2. The SMILES string of the molecule is OCCN1CCN(CCN=Cc2oc3ccccc3c2O)CC1. The molecular formula is C17H23N3O3. The van der Waals surface area contributed by atoms with Gasteiger partial charge in [-0.15, -0.1) is 0 Å². The topological polar surface area (TPSA) is 72.4 Å². The quantitative estimate of drug-likeness (QED) is 0.783. The molecule has 0 amide bonds. The number of hydrogen-bond acceptors (Lipinski definition) is 6. The molecule has 0 atom stereocenters. The Morgan fingerprint density at radius 1 is 1.09 bits per heavy atom. The molecule has 6 heteroatoms. The number of aliphatic hydroxyl groups is 1. The molecule has 1 saturated heterocycles. The zero-order chi connectivity index (χ0) is 16.1. The highest BCUT2D eigenvalue weighted by Crippen LogP contribution is 2.30. The summed E-state index contributed by atoms with van der Waals surface area (Å²) in [4.78, 5) is 9.01. The number of para-hydroxylation sites is 1. The summed E-state index contributed by atoms with van der Waals surface area (Å²) < 4.78 is 5.59. The van der Waals surface area contributed by atoms with E-state index in [9.17, 15) is 5.11 Å². The number of fused-ring (bicyclic) bond motifs is 1. The van der Waals surface area contributed by atoms with Crippen LogP contribution in [0.25, 0.3) is 11.0 Å². The maximum atomic E-state index is 10.1. The number of furan rings is 1. The van der Waals surface area contributed by atoms with E-state index in [1.807, 2.05) is 24.3 Å². The number of aliphatic hydroxyl groups excluding tert-OH is 1. The summed E-state index contributed by atoms with van der Waals surface area (Å²) in [7, 11) is 0. The first kappa shape index (κ1) is 16.0. The molecule has 2 heterocycles. The molecule has 0 unspecified atom stereocenters. The van der Waals surface area contributed by atoms with E-state index in [0.717, 1.165) is 39.3 Å². The van der Waals surface area contributed by atoms with E-state index < -0.39 is 0 Å². The van der Waals surface area contributed by atoms with Crippen LogP contribution in [0, 0.1) is 0 Å². The molecule has 1 aliphatic heterocycles. The summed E-state index contributed by atoms with van der Waals surface area (Å²) in [5.74, 6) is 0.570. The lowest BCUT2D eigenvalue weighted by Crippen LogP contribution is -2.47. The Balaban J connectivity index is 1.48. The van der Waals surface area contributed by atoms with Crippen LogP contribution in [0.3, 0.4) is 0 Å². The number of nitrogens with zero attached hydrogens (tertiary/aromatic N) is 3. The summed E-state index contributed by atoms with van der Waals surface area (Å²) in [6.07, 6.45) is 1.61. The third kappa shape index (κ3) is 3.90. The molecule has 0 aliphatic carbocycles. The first-order valence-electron chi connectivity index (χ1n) is 8.04. The van der Waals surface area contributed by atoms with Gasteiger partial charge in [0, 0.05) is 39.3 Å². The van der Waals surface area contributed by atoms with Gasteiger partial charge in [0.25, 0.3) is 0 Å². The molecule has 1 aliphatic rings. The lowest BCUT2D eigenvalue weighted by atomic mass is 10.2. The minimum Gasteiger partial charge on any atom is -0.504 e. The maximum absolute atomic E-state index is 10.1. The normalized spacial score (nSPS) is 17.4. The number of aliphatic imine (C=N–C) groups is 1. The van der Waals surface area contributed by atoms with Crippen molar-refractivity contribution in [1.29, 1.82) is 0 Å². The van der Waals surface area contributed by atoms with Gasteiger partial charge in [-0.25, -0.2) is 0 Å². The minimum atomic E-state index is 0.155. The summed E-state index contributed by atoms with van der Waals surface area (Å²) in [6.45, 7) is 6.56. The van der Waals surface area contributed by atoms with Crippen LogP contribution in [0.15, 0.2) is 33.7 Å². The number of aromatic hydroxyl groups is 1. The van der Waals surface area contributed by atoms with E-state index in [2.05, 4.69) is 14.8 Å². The Morgan fingerprint density at radius 3 is 2.48 bits per heavy atom. The Hall–Kier alpha value is -1.89. The fourth-order valence-corrected chi connectivity index (χ4v) is 2.86. The third-order valence-corrected chi connectivity index (χ3v) is 4.23. The highest BCUT2D eigenvalue weighted by molar-refractivity contribution is 5.93. The van der Waals surface area contributed by atoms with E-state index in [4.69, 9.17) is 9.52 Å². The van der Waals surface area contributed by atoms with Gasteiger partial charge < -0.3 is 14.6 Å². The van der Waals surface area contributed by atoms with Crippen molar-refractivity contribution in [1.82, 2.24) is 9.80 Å². The predicted octanol–water partition coefficient (Wildman–Crippen LogP) is 1.17. The summed E-state index contributed by atoms with van der Waals surface area (Å²) >= 11 is 0. The largest absolute Gasteiger partial charge is 0.504 e. The molecule has 0 bridgehead atoms. The lowest BCUT2D eigenvalue weighted by molar-refractivity contribution is 0.115. The summed E-state index contributed by atoms with van der Waals surface area (Å²) in [5, 5.41) is 19.7. The fourth-order valence-electron chi connectivity index (χ4n) is 2.86. The van der Waals surface area contributed by atoms with Gasteiger partial charge in [-0.1, -0.05) is 12.1 Å². The lowest BCUT2D eigenvalue weighted by Gasteiger charge is -2.33. The van der Waals surface area contributed by atoms with Gasteiger partial charge in [0.2, 0.25) is 0 Å². The molecule has 124 valence electrons. The summed E-state index contributed by atoms with van der Waals surface area (Å²) in [6, 6.07) is 7.41. The first-order chi connectivity index (χ1) is 11.3. The van der Waals surface area contributed by atoms with Crippen molar-refractivity contribution in [2.75, 3.05) is 52.4 Å². The van der Waals surface area contributed by atoms with Gasteiger partial charge in [0.15, 0.2) is 11.5 Å². The van der Waals surface area contributed by atoms with Gasteiger partial charge in [-0.2, -0.15) is 0 Å². The highest BCUT2D eigenvalue weighted by Gasteiger charge is 2.15. The van der Waals surface area contributed by atoms with Crippen molar-refractivity contribution >= 4 is 17.2 Å². The molecule has 1 aromatic carbocycles. The van der Waals surface area contributed by atoms with Gasteiger partial charge in [-0.3, -0.25) is 14.8 Å². The van der Waals surface area contributed by atoms with Crippen LogP contribution in [0.4, 0.5) is 0 Å². The maximum Gasteiger partial charge on any atom is 0.187 e. The van der Waals surface area contributed by atoms with E-state index >= 15 is 0 Å². The molecule has 3 rings (SSSR count). The van der Waals surface area contributed by atoms with Gasteiger partial charge in [-0.05, 0) is 12.1 Å². The van der Waals surface area contributed by atoms with Crippen molar-refractivity contribution in [3.63, 3.8) is 0 Å². The second kappa shape index (κ2) is 7.59. The molecule has 1 fully saturated rings. The number of hydrogen-bond donors (Lipinski definition) is 2. The van der Waals surface area contributed by atoms with E-state index in [0.29, 0.717) is 23.3 Å². The second-order valence-corrected chi connectivity index (χ2v) is 5.75. The van der Waals surface area contributed by atoms with Crippen molar-refractivity contribution in [2.45, 2.75) is 0 Å². The minimum absolute atomic E-state index is 0.155. The zero-order valence-electron chi connectivity index (χ0n) is 13.2. The average molecular weight is 317 g/mol. The van der Waals surface area contributed by atoms with Crippen molar-refractivity contribution in [2.24, 2.45) is 4.99 Å². The highest BCUT2D eigenvalue weighted by atomic mass is 16.4. The van der Waals surface area contributed by atoms with Gasteiger partial charge in [0.1, 0.15) is 5.58 Å². The van der Waals surface area contributed by atoms with E-state index in [-0.39, 0.29) is 12.4 Å². The Morgan fingerprint density at radius 2 is 1.78 bits per heavy atom. The van der Waals surface area contributed by atoms with Gasteiger partial charge in [0.05, 0.1) is 24.8 Å². The summed E-state index contributed by atoms with van der Waals surface area (Å²) in [5.41, 5.74) is 0.673. The number of β-amino-alcohol motifs (C(OH)–C–C–N with tert-alkyl or cyclic N) is 1. The second-order valence-electron chi connectivity index (χ2n) is 5.75. The van der Waals surface area contributed by atoms with Gasteiger partial charge >= 0.3 is 0 Å². The molecule has 1 aromatic heterocycles. The van der Waals surface area contributed by atoms with Crippen LogP contribution in [-0.4, -0.2) is 78.6 Å². The van der Waals surface area contributed by atoms with Crippen molar-refractivity contribution in [3.05, 3.63) is 30.0 Å². The zero-order valence-corrected chi connectivity index (χ0v) is 13.2. The van der Waals surface area contributed by atoms with Crippen LogP contribution in [-0.2, 0) is 0 Å². The van der Waals surface area contributed by atoms with E-state index in [1.165, 1.54) is 0 Å². The molecule has 0 spiro atoms. The average Bonchev–Trinajstić information content (AvgIpc) is 2.90. The molecule has 23 heavy (non-hydrogen) atoms. The van der Waals surface area contributed by atoms with Crippen LogP contribution in [0.5, 0.6) is 5.75 Å².